The third-order valence-electron chi connectivity index (χ3n) is 4.22. The Morgan fingerprint density at radius 3 is 2.67 bits per heavy atom. The lowest BCUT2D eigenvalue weighted by Gasteiger charge is -2.05. The molecule has 2 aromatic heterocycles. The number of thioether (sulfide) groups is 1. The van der Waals surface area contributed by atoms with Gasteiger partial charge in [0.25, 0.3) is 5.89 Å². The van der Waals surface area contributed by atoms with Crippen molar-refractivity contribution in [3.8, 4) is 23.1 Å². The van der Waals surface area contributed by atoms with Crippen LogP contribution in [-0.2, 0) is 18.4 Å². The van der Waals surface area contributed by atoms with Crippen molar-refractivity contribution < 1.29 is 13.7 Å². The molecule has 10 heteroatoms. The molecule has 152 valence electrons. The number of aromatic nitrogens is 5. The van der Waals surface area contributed by atoms with Crippen molar-refractivity contribution in [3.05, 3.63) is 66.0 Å². The van der Waals surface area contributed by atoms with Crippen LogP contribution in [0.4, 0.5) is 4.39 Å². The molecule has 0 radical (unpaired) electrons. The van der Waals surface area contributed by atoms with E-state index < -0.39 is 0 Å². The van der Waals surface area contributed by atoms with Crippen molar-refractivity contribution in [2.24, 2.45) is 7.05 Å². The molecule has 0 aliphatic carbocycles. The average molecular weight is 424 g/mol. The molecule has 0 aliphatic heterocycles. The van der Waals surface area contributed by atoms with Crippen LogP contribution in [0.3, 0.4) is 0 Å². The van der Waals surface area contributed by atoms with E-state index in [0.717, 1.165) is 5.56 Å². The molecule has 0 atom stereocenters. The zero-order valence-corrected chi connectivity index (χ0v) is 16.8. The van der Waals surface area contributed by atoms with Gasteiger partial charge in [0.2, 0.25) is 17.6 Å². The SMILES string of the molecule is Cn1c(SCC(=O)NCc2ccccc2)nnc1-c1nc(-c2ccc(F)cc2)no1. The molecular formula is C20H17FN6O2S. The van der Waals surface area contributed by atoms with Gasteiger partial charge >= 0.3 is 0 Å². The first-order chi connectivity index (χ1) is 14.6. The van der Waals surface area contributed by atoms with Gasteiger partial charge in [0, 0.05) is 19.2 Å². The van der Waals surface area contributed by atoms with E-state index in [1.807, 2.05) is 30.3 Å². The number of nitrogens with one attached hydrogen (secondary N) is 1. The van der Waals surface area contributed by atoms with E-state index in [-0.39, 0.29) is 23.4 Å². The van der Waals surface area contributed by atoms with Crippen LogP contribution in [0, 0.1) is 5.82 Å². The molecule has 2 heterocycles. The first-order valence-corrected chi connectivity index (χ1v) is 10.0. The fourth-order valence-electron chi connectivity index (χ4n) is 2.63. The van der Waals surface area contributed by atoms with Gasteiger partial charge in [-0.05, 0) is 29.8 Å². The van der Waals surface area contributed by atoms with Gasteiger partial charge in [0.1, 0.15) is 5.82 Å². The highest BCUT2D eigenvalue weighted by atomic mass is 32.2. The number of carbonyl (C=O) groups is 1. The monoisotopic (exact) mass is 424 g/mol. The summed E-state index contributed by atoms with van der Waals surface area (Å²) in [6, 6.07) is 15.5. The van der Waals surface area contributed by atoms with Gasteiger partial charge in [0.05, 0.1) is 5.75 Å². The summed E-state index contributed by atoms with van der Waals surface area (Å²) < 4.78 is 20.0. The van der Waals surface area contributed by atoms with Gasteiger partial charge in [-0.2, -0.15) is 4.98 Å². The van der Waals surface area contributed by atoms with Gasteiger partial charge in [0.15, 0.2) is 5.16 Å². The Hall–Kier alpha value is -3.53. The third-order valence-corrected chi connectivity index (χ3v) is 5.24. The third kappa shape index (κ3) is 4.54. The van der Waals surface area contributed by atoms with E-state index in [4.69, 9.17) is 4.52 Å². The Morgan fingerprint density at radius 2 is 1.90 bits per heavy atom. The molecule has 1 N–H and O–H groups in total. The van der Waals surface area contributed by atoms with Crippen molar-refractivity contribution in [3.63, 3.8) is 0 Å². The summed E-state index contributed by atoms with van der Waals surface area (Å²) in [5.41, 5.74) is 1.66. The number of rotatable bonds is 7. The molecule has 0 saturated carbocycles. The lowest BCUT2D eigenvalue weighted by molar-refractivity contribution is -0.118. The Morgan fingerprint density at radius 1 is 1.13 bits per heavy atom. The molecule has 0 spiro atoms. The van der Waals surface area contributed by atoms with Gasteiger partial charge in [-0.1, -0.05) is 47.3 Å². The Labute approximate surface area is 175 Å². The van der Waals surface area contributed by atoms with E-state index in [2.05, 4.69) is 25.7 Å². The van der Waals surface area contributed by atoms with Crippen LogP contribution in [0.25, 0.3) is 23.1 Å². The topological polar surface area (TPSA) is 98.7 Å². The Balaban J connectivity index is 1.38. The maximum Gasteiger partial charge on any atom is 0.296 e. The largest absolute Gasteiger partial charge is 0.351 e. The van der Waals surface area contributed by atoms with Crippen molar-refractivity contribution >= 4 is 17.7 Å². The van der Waals surface area contributed by atoms with Crippen LogP contribution >= 0.6 is 11.8 Å². The second-order valence-corrected chi connectivity index (χ2v) is 7.29. The number of hydrogen-bond acceptors (Lipinski definition) is 7. The molecule has 0 unspecified atom stereocenters. The summed E-state index contributed by atoms with van der Waals surface area (Å²) in [7, 11) is 1.75. The molecular weight excluding hydrogens is 407 g/mol. The van der Waals surface area contributed by atoms with Crippen LogP contribution in [0.15, 0.2) is 64.3 Å². The molecule has 4 rings (SSSR count). The molecule has 0 aliphatic rings. The number of amides is 1. The number of carbonyl (C=O) groups excluding carboxylic acids is 1. The first-order valence-electron chi connectivity index (χ1n) is 9.03. The van der Waals surface area contributed by atoms with Gasteiger partial charge < -0.3 is 14.4 Å². The molecule has 2 aromatic carbocycles. The van der Waals surface area contributed by atoms with E-state index in [0.29, 0.717) is 28.9 Å². The van der Waals surface area contributed by atoms with Gasteiger partial charge in [-0.15, -0.1) is 10.2 Å². The molecule has 0 bridgehead atoms. The van der Waals surface area contributed by atoms with Crippen LogP contribution < -0.4 is 5.32 Å². The fourth-order valence-corrected chi connectivity index (χ4v) is 3.38. The normalized spacial score (nSPS) is 10.9. The maximum atomic E-state index is 13.1. The smallest absolute Gasteiger partial charge is 0.296 e. The number of benzene rings is 2. The lowest BCUT2D eigenvalue weighted by atomic mass is 10.2. The highest BCUT2D eigenvalue weighted by molar-refractivity contribution is 7.99. The zero-order valence-electron chi connectivity index (χ0n) is 15.9. The summed E-state index contributed by atoms with van der Waals surface area (Å²) in [6.07, 6.45) is 0. The highest BCUT2D eigenvalue weighted by Crippen LogP contribution is 2.24. The number of halogens is 1. The minimum atomic E-state index is -0.342. The van der Waals surface area contributed by atoms with Gasteiger partial charge in [-0.25, -0.2) is 4.39 Å². The second kappa shape index (κ2) is 8.87. The minimum Gasteiger partial charge on any atom is -0.351 e. The number of nitrogens with zero attached hydrogens (tertiary/aromatic N) is 5. The van der Waals surface area contributed by atoms with Crippen molar-refractivity contribution in [2.45, 2.75) is 11.7 Å². The van der Waals surface area contributed by atoms with Crippen molar-refractivity contribution in [1.29, 1.82) is 0 Å². The molecule has 4 aromatic rings. The molecule has 30 heavy (non-hydrogen) atoms. The minimum absolute atomic E-state index is 0.107. The van der Waals surface area contributed by atoms with Crippen LogP contribution in [0.2, 0.25) is 0 Å². The summed E-state index contributed by atoms with van der Waals surface area (Å²) >= 11 is 1.26. The van der Waals surface area contributed by atoms with E-state index in [1.165, 1.54) is 23.9 Å². The predicted molar refractivity (Wildman–Crippen MR) is 109 cm³/mol. The fraction of sp³-hybridized carbons (Fsp3) is 0.150. The molecule has 0 saturated heterocycles. The maximum absolute atomic E-state index is 13.1. The summed E-state index contributed by atoms with van der Waals surface area (Å²) in [6.45, 7) is 0.471. The zero-order chi connectivity index (χ0) is 20.9. The lowest BCUT2D eigenvalue weighted by Crippen LogP contribution is -2.24. The quantitative estimate of drug-likeness (QED) is 0.455. The van der Waals surface area contributed by atoms with Crippen molar-refractivity contribution in [1.82, 2.24) is 30.2 Å². The summed E-state index contributed by atoms with van der Waals surface area (Å²) in [5, 5.41) is 15.5. The van der Waals surface area contributed by atoms with Crippen LogP contribution in [0.1, 0.15) is 5.56 Å². The van der Waals surface area contributed by atoms with E-state index in [1.54, 1.807) is 23.7 Å². The van der Waals surface area contributed by atoms with Gasteiger partial charge in [-0.3, -0.25) is 4.79 Å². The average Bonchev–Trinajstić information content (AvgIpc) is 3.39. The first kappa shape index (κ1) is 19.8. The van der Waals surface area contributed by atoms with Crippen LogP contribution in [0.5, 0.6) is 0 Å². The van der Waals surface area contributed by atoms with E-state index in [9.17, 15) is 9.18 Å². The Kier molecular flexibility index (Phi) is 5.84. The summed E-state index contributed by atoms with van der Waals surface area (Å²) in [5.74, 6) is 0.633. The van der Waals surface area contributed by atoms with E-state index >= 15 is 0 Å². The summed E-state index contributed by atoms with van der Waals surface area (Å²) in [4.78, 5) is 16.4. The van der Waals surface area contributed by atoms with Crippen molar-refractivity contribution in [2.75, 3.05) is 5.75 Å². The molecule has 8 nitrogen and oxygen atoms in total. The molecule has 0 fully saturated rings. The highest BCUT2D eigenvalue weighted by Gasteiger charge is 2.19. The predicted octanol–water partition coefficient (Wildman–Crippen LogP) is 3.08. The number of hydrogen-bond donors (Lipinski definition) is 1. The molecule has 1 amide bonds. The Bertz CT molecular complexity index is 1140. The van der Waals surface area contributed by atoms with Crippen LogP contribution in [-0.4, -0.2) is 36.6 Å². The standard InChI is InChI=1S/C20H17FN6O2S/c1-27-18(19-23-17(26-29-19)14-7-9-15(21)10-8-14)24-25-20(27)30-12-16(28)22-11-13-5-3-2-4-6-13/h2-10H,11-12H2,1H3,(H,22,28). The second-order valence-electron chi connectivity index (χ2n) is 6.35.